The number of hydrogen-bond acceptors (Lipinski definition) is 7. The lowest BCUT2D eigenvalue weighted by Gasteiger charge is -2.07. The summed E-state index contributed by atoms with van der Waals surface area (Å²) in [5.74, 6) is 1.56. The van der Waals surface area contributed by atoms with Crippen molar-refractivity contribution in [2.75, 3.05) is 19.0 Å². The number of H-pyrrole nitrogens is 1. The van der Waals surface area contributed by atoms with Crippen molar-refractivity contribution in [2.24, 2.45) is 0 Å². The van der Waals surface area contributed by atoms with E-state index in [2.05, 4.69) is 30.6 Å². The van der Waals surface area contributed by atoms with Crippen LogP contribution in [0, 0.1) is 0 Å². The minimum atomic E-state index is 0.454. The molecule has 0 aromatic carbocycles. The Morgan fingerprint density at radius 1 is 1.35 bits per heavy atom. The Kier molecular flexibility index (Phi) is 4.55. The molecule has 134 valence electrons. The first kappa shape index (κ1) is 16.6. The van der Waals surface area contributed by atoms with Gasteiger partial charge in [-0.1, -0.05) is 11.6 Å². The van der Waals surface area contributed by atoms with Crippen molar-refractivity contribution in [3.05, 3.63) is 35.9 Å². The zero-order valence-electron chi connectivity index (χ0n) is 13.9. The standard InChI is InChI=1S/C16H16ClN7O2/c1-25-6-3-5-24-14(17)11(9-19-24)21-16-13-10(8-18-23-13)20-15(22-16)12-4-2-7-26-12/h2,4,7-9H,3,5-6H2,1H3,(H,18,23)(H,20,21,22). The molecule has 10 heteroatoms. The molecule has 0 radical (unpaired) electrons. The van der Waals surface area contributed by atoms with E-state index in [4.69, 9.17) is 20.8 Å². The van der Waals surface area contributed by atoms with Crippen LogP contribution in [0.25, 0.3) is 22.6 Å². The first-order chi connectivity index (χ1) is 12.8. The van der Waals surface area contributed by atoms with Gasteiger partial charge in [0.15, 0.2) is 22.6 Å². The average molecular weight is 374 g/mol. The Morgan fingerprint density at radius 3 is 3.08 bits per heavy atom. The molecule has 0 aliphatic rings. The molecule has 0 amide bonds. The summed E-state index contributed by atoms with van der Waals surface area (Å²) in [5.41, 5.74) is 1.98. The summed E-state index contributed by atoms with van der Waals surface area (Å²) < 4.78 is 12.2. The van der Waals surface area contributed by atoms with Gasteiger partial charge in [0.1, 0.15) is 11.0 Å². The molecule has 0 unspecified atom stereocenters. The van der Waals surface area contributed by atoms with Gasteiger partial charge < -0.3 is 14.5 Å². The van der Waals surface area contributed by atoms with Crippen LogP contribution >= 0.6 is 11.6 Å². The lowest BCUT2D eigenvalue weighted by Crippen LogP contribution is -2.03. The molecule has 0 spiro atoms. The van der Waals surface area contributed by atoms with Crippen LogP contribution < -0.4 is 5.32 Å². The second-order valence-electron chi connectivity index (χ2n) is 5.55. The summed E-state index contributed by atoms with van der Waals surface area (Å²) >= 11 is 6.43. The molecule has 0 saturated carbocycles. The average Bonchev–Trinajstić information content (AvgIpc) is 3.38. The van der Waals surface area contributed by atoms with Crippen LogP contribution in [0.3, 0.4) is 0 Å². The summed E-state index contributed by atoms with van der Waals surface area (Å²) in [7, 11) is 1.67. The van der Waals surface area contributed by atoms with E-state index < -0.39 is 0 Å². The molecule has 0 aliphatic carbocycles. The van der Waals surface area contributed by atoms with E-state index in [1.807, 2.05) is 0 Å². The van der Waals surface area contributed by atoms with E-state index >= 15 is 0 Å². The molecule has 0 aliphatic heterocycles. The fourth-order valence-corrected chi connectivity index (χ4v) is 2.77. The summed E-state index contributed by atoms with van der Waals surface area (Å²) in [6.45, 7) is 1.31. The summed E-state index contributed by atoms with van der Waals surface area (Å²) in [6, 6.07) is 3.58. The molecule has 2 N–H and O–H groups in total. The Balaban J connectivity index is 1.66. The van der Waals surface area contributed by atoms with Gasteiger partial charge in [-0.15, -0.1) is 0 Å². The minimum absolute atomic E-state index is 0.454. The second-order valence-corrected chi connectivity index (χ2v) is 5.90. The number of aryl methyl sites for hydroxylation is 1. The Morgan fingerprint density at radius 2 is 2.27 bits per heavy atom. The fraction of sp³-hybridized carbons (Fsp3) is 0.250. The van der Waals surface area contributed by atoms with Gasteiger partial charge in [-0.05, 0) is 18.6 Å². The highest BCUT2D eigenvalue weighted by molar-refractivity contribution is 6.32. The van der Waals surface area contributed by atoms with Crippen LogP contribution in [0.1, 0.15) is 6.42 Å². The smallest absolute Gasteiger partial charge is 0.198 e. The molecule has 26 heavy (non-hydrogen) atoms. The van der Waals surface area contributed by atoms with Gasteiger partial charge in [-0.25, -0.2) is 9.97 Å². The number of anilines is 2. The van der Waals surface area contributed by atoms with Crippen LogP contribution in [-0.4, -0.2) is 43.7 Å². The van der Waals surface area contributed by atoms with E-state index in [0.717, 1.165) is 6.42 Å². The Labute approximate surface area is 153 Å². The van der Waals surface area contributed by atoms with Crippen molar-refractivity contribution in [1.29, 1.82) is 0 Å². The van der Waals surface area contributed by atoms with Crippen molar-refractivity contribution in [3.8, 4) is 11.6 Å². The van der Waals surface area contributed by atoms with Gasteiger partial charge in [0.25, 0.3) is 0 Å². The molecule has 4 rings (SSSR count). The highest BCUT2D eigenvalue weighted by Crippen LogP contribution is 2.29. The lowest BCUT2D eigenvalue weighted by molar-refractivity contribution is 0.189. The number of rotatable bonds is 7. The van der Waals surface area contributed by atoms with Gasteiger partial charge in [0.05, 0.1) is 24.3 Å². The Bertz CT molecular complexity index is 1010. The number of hydrogen-bond donors (Lipinski definition) is 2. The predicted molar refractivity (Wildman–Crippen MR) is 96.4 cm³/mol. The number of ether oxygens (including phenoxy) is 1. The monoisotopic (exact) mass is 373 g/mol. The van der Waals surface area contributed by atoms with Crippen LogP contribution in [0.4, 0.5) is 11.5 Å². The van der Waals surface area contributed by atoms with Crippen LogP contribution in [-0.2, 0) is 11.3 Å². The number of halogens is 1. The van der Waals surface area contributed by atoms with Crippen molar-refractivity contribution in [2.45, 2.75) is 13.0 Å². The van der Waals surface area contributed by atoms with E-state index in [-0.39, 0.29) is 0 Å². The third kappa shape index (κ3) is 3.14. The van der Waals surface area contributed by atoms with Gasteiger partial charge >= 0.3 is 0 Å². The maximum atomic E-state index is 6.43. The zero-order valence-corrected chi connectivity index (χ0v) is 14.7. The fourth-order valence-electron chi connectivity index (χ4n) is 2.54. The number of aromatic amines is 1. The van der Waals surface area contributed by atoms with Crippen LogP contribution in [0.5, 0.6) is 0 Å². The maximum absolute atomic E-state index is 6.43. The molecular formula is C16H16ClN7O2. The number of methoxy groups -OCH3 is 1. The third-order valence-corrected chi connectivity index (χ3v) is 4.19. The van der Waals surface area contributed by atoms with Crippen molar-refractivity contribution >= 4 is 34.1 Å². The summed E-state index contributed by atoms with van der Waals surface area (Å²) in [6.07, 6.45) is 5.68. The zero-order chi connectivity index (χ0) is 17.9. The number of fused-ring (bicyclic) bond motifs is 1. The van der Waals surface area contributed by atoms with Crippen LogP contribution in [0.15, 0.2) is 35.2 Å². The van der Waals surface area contributed by atoms with E-state index in [9.17, 15) is 0 Å². The maximum Gasteiger partial charge on any atom is 0.198 e. The van der Waals surface area contributed by atoms with E-state index in [1.54, 1.807) is 42.6 Å². The summed E-state index contributed by atoms with van der Waals surface area (Å²) in [5, 5.41) is 14.9. The van der Waals surface area contributed by atoms with Crippen molar-refractivity contribution in [1.82, 2.24) is 29.9 Å². The predicted octanol–water partition coefficient (Wildman–Crippen LogP) is 3.24. The molecule has 0 atom stereocenters. The van der Waals surface area contributed by atoms with Gasteiger partial charge in [-0.2, -0.15) is 10.2 Å². The number of aromatic nitrogens is 6. The Hall–Kier alpha value is -2.91. The largest absolute Gasteiger partial charge is 0.461 e. The lowest BCUT2D eigenvalue weighted by atomic mass is 10.3. The molecule has 0 saturated heterocycles. The van der Waals surface area contributed by atoms with Crippen LogP contribution in [0.2, 0.25) is 5.15 Å². The summed E-state index contributed by atoms with van der Waals surface area (Å²) in [4.78, 5) is 8.98. The topological polar surface area (TPSA) is 107 Å². The molecule has 0 fully saturated rings. The van der Waals surface area contributed by atoms with E-state index in [1.165, 1.54) is 0 Å². The number of nitrogens with one attached hydrogen (secondary N) is 2. The molecule has 4 aromatic heterocycles. The molecule has 4 heterocycles. The van der Waals surface area contributed by atoms with Crippen molar-refractivity contribution in [3.63, 3.8) is 0 Å². The highest BCUT2D eigenvalue weighted by Gasteiger charge is 2.15. The van der Waals surface area contributed by atoms with Gasteiger partial charge in [0, 0.05) is 20.3 Å². The molecule has 4 aromatic rings. The SMILES string of the molecule is COCCCn1ncc(Nc2nc(-c3ccco3)nc3cn[nH]c23)c1Cl. The van der Waals surface area contributed by atoms with E-state index in [0.29, 0.717) is 52.4 Å². The molecular weight excluding hydrogens is 358 g/mol. The third-order valence-electron chi connectivity index (χ3n) is 3.79. The number of nitrogens with zero attached hydrogens (tertiary/aromatic N) is 5. The second kappa shape index (κ2) is 7.14. The van der Waals surface area contributed by atoms with Gasteiger partial charge in [-0.3, -0.25) is 9.78 Å². The first-order valence-corrected chi connectivity index (χ1v) is 8.36. The quantitative estimate of drug-likeness (QED) is 0.479. The first-order valence-electron chi connectivity index (χ1n) is 7.98. The van der Waals surface area contributed by atoms with Gasteiger partial charge in [0.2, 0.25) is 0 Å². The molecule has 9 nitrogen and oxygen atoms in total. The van der Waals surface area contributed by atoms with Crippen molar-refractivity contribution < 1.29 is 9.15 Å². The normalized spacial score (nSPS) is 11.3. The number of furan rings is 1. The minimum Gasteiger partial charge on any atom is -0.461 e. The highest BCUT2D eigenvalue weighted by atomic mass is 35.5. The molecule has 0 bridgehead atoms.